The monoisotopic (exact) mass is 1640 g/mol. The van der Waals surface area contributed by atoms with E-state index in [0.717, 1.165) is 53.7 Å². The van der Waals surface area contributed by atoms with Crippen molar-refractivity contribution in [1.82, 2.24) is 73.7 Å². The lowest BCUT2D eigenvalue weighted by molar-refractivity contribution is -0.159. The first kappa shape index (κ1) is 98.3. The second-order valence-electron chi connectivity index (χ2n) is 28.3. The third-order valence-electron chi connectivity index (χ3n) is 19.0. The number of carboxylic acids is 4. The molecular formula is C73H111N17O26. The molecule has 2 heterocycles. The van der Waals surface area contributed by atoms with Gasteiger partial charge in [-0.1, -0.05) is 84.4 Å². The molecule has 43 nitrogen and oxygen atoms in total. The molecule has 0 bridgehead atoms. The predicted molar refractivity (Wildman–Crippen MR) is 407 cm³/mol. The molecular weight excluding hydrogens is 1530 g/mol. The van der Waals surface area contributed by atoms with Crippen molar-refractivity contribution in [2.24, 2.45) is 29.0 Å². The third kappa shape index (κ3) is 34.0. The Labute approximate surface area is 667 Å². The summed E-state index contributed by atoms with van der Waals surface area (Å²) in [6.45, 7) is 6.89. The van der Waals surface area contributed by atoms with Gasteiger partial charge < -0.3 is 121 Å². The SMILES string of the molecule is CC[C@@H](C)CCCCCCC(=O)N[C@@H](Cc1c[nH]c2ccccc12)C(=O)N[C@H](CCC(=O)O)C(=O)N[C@@H](CC(N)=O)C(=O)N[C@@H]1C(=O)N(C)CC(=O)N[C@@H](C)C(=O)N[C@@H](CC(=O)O)C(=O)N[C@H](CCCCN)C(=O)N[C@@H]([C@@H](OC)C(=O)O)C(=O)NCC(=O)N[C@H](CC(N)=O)C(=O)N[C@@H](CCC(=O)O)C(=O)N[C@@H]([C@H](C)CC)C(=O)O[C@@H]1C. The number of aliphatic carboxylic acids is 4. The molecule has 0 saturated carbocycles. The number of likely N-dealkylation sites (N-methyl/N-ethyl adjacent to an activating group) is 1. The van der Waals surface area contributed by atoms with E-state index in [2.05, 4.69) is 77.3 Å². The molecule has 1 aliphatic heterocycles. The van der Waals surface area contributed by atoms with Gasteiger partial charge in [0.25, 0.3) is 0 Å². The van der Waals surface area contributed by atoms with Gasteiger partial charge in [0, 0.05) is 56.9 Å². The lowest BCUT2D eigenvalue weighted by Crippen LogP contribution is -2.62. The number of carbonyl (C=O) groups is 20. The number of hydrogen-bond donors (Lipinski definition) is 20. The number of nitrogens with one attached hydrogen (secondary N) is 13. The topological polar surface area (TPSA) is 682 Å². The molecule has 1 aliphatic rings. The number of unbranched alkanes of at least 4 members (excludes halogenated alkanes) is 4. The Kier molecular flexibility index (Phi) is 42.1. The van der Waals surface area contributed by atoms with E-state index in [4.69, 9.17) is 26.7 Å². The van der Waals surface area contributed by atoms with Gasteiger partial charge in [-0.05, 0) is 82.4 Å². The number of benzene rings is 1. The number of esters is 1. The summed E-state index contributed by atoms with van der Waals surface area (Å²) < 4.78 is 10.8. The second-order valence-corrected chi connectivity index (χ2v) is 28.3. The minimum absolute atomic E-state index is 0.00341. The number of nitrogens with two attached hydrogens (primary N) is 3. The molecule has 1 saturated heterocycles. The van der Waals surface area contributed by atoms with E-state index in [1.165, 1.54) is 13.8 Å². The summed E-state index contributed by atoms with van der Waals surface area (Å²) in [6.07, 6.45) is -4.63. The average Bonchev–Trinajstić information content (AvgIpc) is 1.58. The van der Waals surface area contributed by atoms with Crippen molar-refractivity contribution in [3.05, 3.63) is 36.0 Å². The third-order valence-corrected chi connectivity index (χ3v) is 19.0. The maximum Gasteiger partial charge on any atom is 0.335 e. The van der Waals surface area contributed by atoms with Crippen LogP contribution >= 0.6 is 0 Å². The smallest absolute Gasteiger partial charge is 0.335 e. The van der Waals surface area contributed by atoms with Crippen LogP contribution in [0.25, 0.3) is 10.9 Å². The number of ether oxygens (including phenoxy) is 2. The van der Waals surface area contributed by atoms with Crippen LogP contribution in [0.2, 0.25) is 0 Å². The van der Waals surface area contributed by atoms with Gasteiger partial charge in [0.2, 0.25) is 88.6 Å². The summed E-state index contributed by atoms with van der Waals surface area (Å²) in [5.41, 5.74) is 17.9. The fourth-order valence-corrected chi connectivity index (χ4v) is 12.0. The molecule has 1 aromatic heterocycles. The van der Waals surface area contributed by atoms with Gasteiger partial charge in [-0.2, -0.15) is 0 Å². The standard InChI is InChI=1S/C73H111N17O26/c1-9-36(3)19-13-11-12-14-23-52(93)80-46(29-40-33-77-42-21-16-15-20-41(40)42)66(106)83-44(24-26-55(96)97)63(103)86-48(31-51(76)92)69(109)88-59-39(6)116-73(114)58(37(4)10-2)87-65(105)45(25-27-56(98)99)84-67(107)47(30-50(75)91)81-53(94)34-78-70(110)60(61(115-8)72(112)113)89-64(104)43(22-17-18-28-74)82-68(108)49(32-57(100)101)85-62(102)38(5)79-54(95)35-90(7)71(59)111/h15-16,20-21,33,36-39,43-49,58-61,77H,9-14,17-19,22-32,34-35,74H2,1-8H3,(H2,75,91)(H2,76,92)(H,78,110)(H,79,95)(H,80,93)(H,81,94)(H,82,108)(H,83,106)(H,84,107)(H,85,102)(H,86,103)(H,87,105)(H,88,109)(H,89,104)(H,96,97)(H,98,99)(H,100,101)(H,112,113)/t36-,37-,38+,39-,43-,44-,45+,46+,47-,48+,49+,58+,59+,60+,61-/m1/s1. The van der Waals surface area contributed by atoms with Gasteiger partial charge in [0.15, 0.2) is 6.10 Å². The fourth-order valence-electron chi connectivity index (χ4n) is 12.0. The zero-order chi connectivity index (χ0) is 87.2. The number of para-hydroxylation sites is 1. The molecule has 644 valence electrons. The molecule has 0 aliphatic carbocycles. The summed E-state index contributed by atoms with van der Waals surface area (Å²) >= 11 is 0. The predicted octanol–water partition coefficient (Wildman–Crippen LogP) is -4.80. The Morgan fingerprint density at radius 1 is 0.595 bits per heavy atom. The number of aromatic amines is 1. The normalized spacial score (nSPS) is 21.8. The van der Waals surface area contributed by atoms with Crippen LogP contribution in [0.5, 0.6) is 0 Å². The van der Waals surface area contributed by atoms with Gasteiger partial charge in [-0.3, -0.25) is 86.3 Å². The number of H-pyrrole nitrogens is 1. The number of aromatic nitrogens is 1. The Hall–Kier alpha value is -11.9. The molecule has 0 spiro atoms. The molecule has 1 aromatic carbocycles. The van der Waals surface area contributed by atoms with Crippen LogP contribution in [0.3, 0.4) is 0 Å². The fraction of sp³-hybridized carbons (Fsp3) is 0.616. The Balaban J connectivity index is 2.25. The molecule has 15 atom stereocenters. The number of carboxylic acid groups (broad SMARTS) is 4. The van der Waals surface area contributed by atoms with Gasteiger partial charge in [0.1, 0.15) is 72.6 Å². The Bertz CT molecular complexity index is 3840. The number of hydrogen-bond acceptors (Lipinski definition) is 23. The number of fused-ring (bicyclic) bond motifs is 1. The van der Waals surface area contributed by atoms with E-state index in [-0.39, 0.29) is 45.1 Å². The largest absolute Gasteiger partial charge is 0.481 e. The highest BCUT2D eigenvalue weighted by Crippen LogP contribution is 2.22. The van der Waals surface area contributed by atoms with E-state index in [1.54, 1.807) is 30.5 Å². The van der Waals surface area contributed by atoms with E-state index >= 15 is 0 Å². The average molecular weight is 1640 g/mol. The molecule has 1 fully saturated rings. The number of amides is 15. The van der Waals surface area contributed by atoms with Gasteiger partial charge >= 0.3 is 29.8 Å². The zero-order valence-electron chi connectivity index (χ0n) is 66.1. The van der Waals surface area contributed by atoms with Crippen molar-refractivity contribution < 1.29 is 126 Å². The van der Waals surface area contributed by atoms with E-state index in [9.17, 15) is 116 Å². The summed E-state index contributed by atoms with van der Waals surface area (Å²) in [5, 5.41) is 67.3. The quantitative estimate of drug-likeness (QED) is 0.0222. The highest BCUT2D eigenvalue weighted by molar-refractivity contribution is 6.02. The maximum atomic E-state index is 15.0. The van der Waals surface area contributed by atoms with E-state index in [1.807, 2.05) is 5.32 Å². The van der Waals surface area contributed by atoms with Crippen molar-refractivity contribution in [3.63, 3.8) is 0 Å². The molecule has 3 rings (SSSR count). The van der Waals surface area contributed by atoms with E-state index < -0.39 is 261 Å². The lowest BCUT2D eigenvalue weighted by atomic mass is 9.98. The molecule has 23 N–H and O–H groups in total. The first-order valence-electron chi connectivity index (χ1n) is 37.9. The highest BCUT2D eigenvalue weighted by Gasteiger charge is 2.42. The zero-order valence-corrected chi connectivity index (χ0v) is 66.1. The minimum Gasteiger partial charge on any atom is -0.481 e. The summed E-state index contributed by atoms with van der Waals surface area (Å²) in [7, 11) is 1.75. The van der Waals surface area contributed by atoms with Crippen molar-refractivity contribution in [3.8, 4) is 0 Å². The summed E-state index contributed by atoms with van der Waals surface area (Å²) in [6, 6.07) is -14.7. The molecule has 43 heteroatoms. The lowest BCUT2D eigenvalue weighted by Gasteiger charge is -2.32. The minimum atomic E-state index is -2.30. The van der Waals surface area contributed by atoms with Crippen LogP contribution in [-0.2, 0) is 112 Å². The van der Waals surface area contributed by atoms with Crippen LogP contribution in [0.1, 0.15) is 163 Å². The number of cyclic esters (lactones) is 1. The number of methoxy groups -OCH3 is 1. The van der Waals surface area contributed by atoms with Gasteiger partial charge in [-0.15, -0.1) is 0 Å². The highest BCUT2D eigenvalue weighted by atomic mass is 16.5. The molecule has 116 heavy (non-hydrogen) atoms. The van der Waals surface area contributed by atoms with Crippen molar-refractivity contribution in [2.45, 2.75) is 242 Å². The van der Waals surface area contributed by atoms with Crippen LogP contribution in [0.4, 0.5) is 0 Å². The molecule has 0 radical (unpaired) electrons. The molecule has 0 unspecified atom stereocenters. The molecule has 15 amide bonds. The molecule has 2 aromatic rings. The second kappa shape index (κ2) is 49.7. The van der Waals surface area contributed by atoms with Crippen LogP contribution in [-0.4, -0.2) is 261 Å². The maximum absolute atomic E-state index is 15.0. The summed E-state index contributed by atoms with van der Waals surface area (Å²) in [4.78, 5) is 277. The first-order valence-corrected chi connectivity index (χ1v) is 37.9. The van der Waals surface area contributed by atoms with Crippen LogP contribution < -0.4 is 81.0 Å². The number of rotatable bonds is 38. The number of primary amides is 2. The Morgan fingerprint density at radius 2 is 1.18 bits per heavy atom. The first-order chi connectivity index (χ1) is 54.6. The number of nitrogens with zero attached hydrogens (tertiary/aromatic N) is 1. The van der Waals surface area contributed by atoms with Crippen LogP contribution in [0, 0.1) is 11.8 Å². The Morgan fingerprint density at radius 3 is 1.77 bits per heavy atom. The van der Waals surface area contributed by atoms with Gasteiger partial charge in [0.05, 0.1) is 32.4 Å². The summed E-state index contributed by atoms with van der Waals surface area (Å²) in [5.74, 6) is -27.6. The van der Waals surface area contributed by atoms with Crippen molar-refractivity contribution >= 4 is 129 Å². The van der Waals surface area contributed by atoms with Crippen molar-refractivity contribution in [2.75, 3.05) is 33.8 Å². The van der Waals surface area contributed by atoms with Gasteiger partial charge in [-0.25, -0.2) is 9.59 Å². The van der Waals surface area contributed by atoms with E-state index in [0.29, 0.717) is 40.1 Å². The van der Waals surface area contributed by atoms with Crippen LogP contribution in [0.15, 0.2) is 30.5 Å². The van der Waals surface area contributed by atoms with Crippen molar-refractivity contribution in [1.29, 1.82) is 0 Å². The number of carbonyl (C=O) groups excluding carboxylic acids is 16.